The average molecular weight is 239 g/mol. The molecule has 4 heteroatoms. The first-order valence-corrected chi connectivity index (χ1v) is 7.03. The first-order valence-electron chi connectivity index (χ1n) is 7.03. The molecule has 1 unspecified atom stereocenters. The van der Waals surface area contributed by atoms with Crippen LogP contribution in [0, 0.1) is 5.92 Å². The van der Waals surface area contributed by atoms with Crippen LogP contribution in [0.1, 0.15) is 26.2 Å². The molecule has 17 heavy (non-hydrogen) atoms. The summed E-state index contributed by atoms with van der Waals surface area (Å²) in [4.78, 5) is 16.9. The molecule has 0 saturated carbocycles. The Morgan fingerprint density at radius 3 is 2.76 bits per heavy atom. The van der Waals surface area contributed by atoms with Crippen molar-refractivity contribution in [2.45, 2.75) is 26.2 Å². The van der Waals surface area contributed by atoms with Crippen molar-refractivity contribution >= 4 is 5.91 Å². The second-order valence-corrected chi connectivity index (χ2v) is 5.22. The van der Waals surface area contributed by atoms with Crippen molar-refractivity contribution < 1.29 is 4.79 Å². The molecule has 2 saturated heterocycles. The minimum atomic E-state index is 0.258. The van der Waals surface area contributed by atoms with Crippen LogP contribution in [0.15, 0.2) is 0 Å². The van der Waals surface area contributed by atoms with Gasteiger partial charge in [0.1, 0.15) is 0 Å². The van der Waals surface area contributed by atoms with E-state index in [4.69, 9.17) is 0 Å². The Morgan fingerprint density at radius 1 is 1.29 bits per heavy atom. The number of nitrogens with one attached hydrogen (secondary N) is 1. The van der Waals surface area contributed by atoms with E-state index < -0.39 is 0 Å². The fourth-order valence-electron chi connectivity index (χ4n) is 2.92. The van der Waals surface area contributed by atoms with Crippen molar-refractivity contribution in [2.75, 3.05) is 45.8 Å². The van der Waals surface area contributed by atoms with Gasteiger partial charge < -0.3 is 15.1 Å². The Balaban J connectivity index is 1.85. The minimum Gasteiger partial charge on any atom is -0.340 e. The lowest BCUT2D eigenvalue weighted by atomic mass is 9.96. The normalized spacial score (nSPS) is 27.1. The number of hydrogen-bond donors (Lipinski definition) is 1. The zero-order chi connectivity index (χ0) is 12.1. The van der Waals surface area contributed by atoms with Gasteiger partial charge in [-0.15, -0.1) is 0 Å². The van der Waals surface area contributed by atoms with E-state index in [9.17, 15) is 4.79 Å². The van der Waals surface area contributed by atoms with Crippen molar-refractivity contribution in [1.82, 2.24) is 15.1 Å². The predicted octanol–water partition coefficient (Wildman–Crippen LogP) is 0.540. The maximum atomic E-state index is 12.4. The van der Waals surface area contributed by atoms with E-state index >= 15 is 0 Å². The quantitative estimate of drug-likeness (QED) is 0.781. The molecule has 1 amide bonds. The highest BCUT2D eigenvalue weighted by molar-refractivity contribution is 5.79. The molecule has 2 rings (SSSR count). The lowest BCUT2D eigenvalue weighted by Gasteiger charge is -2.36. The molecule has 4 nitrogen and oxygen atoms in total. The van der Waals surface area contributed by atoms with E-state index in [1.165, 1.54) is 19.4 Å². The SMILES string of the molecule is CCCN1CCCC(C(=O)N2CCNCC2)C1. The van der Waals surface area contributed by atoms with Crippen LogP contribution in [0.4, 0.5) is 0 Å². The maximum absolute atomic E-state index is 12.4. The lowest BCUT2D eigenvalue weighted by molar-refractivity contribution is -0.137. The molecule has 0 aromatic carbocycles. The van der Waals surface area contributed by atoms with Gasteiger partial charge >= 0.3 is 0 Å². The summed E-state index contributed by atoms with van der Waals surface area (Å²) in [6, 6.07) is 0. The van der Waals surface area contributed by atoms with Crippen LogP contribution in [-0.4, -0.2) is 61.5 Å². The molecular weight excluding hydrogens is 214 g/mol. The van der Waals surface area contributed by atoms with Gasteiger partial charge in [0.05, 0.1) is 5.92 Å². The molecular formula is C13H25N3O. The molecule has 0 aromatic heterocycles. The van der Waals surface area contributed by atoms with Gasteiger partial charge in [0.15, 0.2) is 0 Å². The summed E-state index contributed by atoms with van der Waals surface area (Å²) < 4.78 is 0. The second kappa shape index (κ2) is 6.36. The summed E-state index contributed by atoms with van der Waals surface area (Å²) in [5, 5.41) is 3.30. The number of nitrogens with zero attached hydrogens (tertiary/aromatic N) is 2. The Morgan fingerprint density at radius 2 is 2.06 bits per heavy atom. The molecule has 2 heterocycles. The molecule has 2 aliphatic heterocycles. The summed E-state index contributed by atoms with van der Waals surface area (Å²) in [7, 11) is 0. The smallest absolute Gasteiger partial charge is 0.227 e. The van der Waals surface area contributed by atoms with Crippen molar-refractivity contribution in [2.24, 2.45) is 5.92 Å². The number of amides is 1. The topological polar surface area (TPSA) is 35.6 Å². The van der Waals surface area contributed by atoms with Crippen LogP contribution >= 0.6 is 0 Å². The molecule has 1 N–H and O–H groups in total. The Bertz CT molecular complexity index is 249. The van der Waals surface area contributed by atoms with Gasteiger partial charge in [0.25, 0.3) is 0 Å². The number of hydrogen-bond acceptors (Lipinski definition) is 3. The summed E-state index contributed by atoms with van der Waals surface area (Å²) in [5.41, 5.74) is 0. The number of carbonyl (C=O) groups is 1. The van der Waals surface area contributed by atoms with Gasteiger partial charge in [-0.25, -0.2) is 0 Å². The molecule has 0 aliphatic carbocycles. The van der Waals surface area contributed by atoms with Crippen molar-refractivity contribution in [3.8, 4) is 0 Å². The van der Waals surface area contributed by atoms with Crippen LogP contribution in [0.5, 0.6) is 0 Å². The van der Waals surface area contributed by atoms with E-state index in [1.54, 1.807) is 0 Å². The van der Waals surface area contributed by atoms with E-state index in [0.29, 0.717) is 5.91 Å². The van der Waals surface area contributed by atoms with Gasteiger partial charge in [0.2, 0.25) is 5.91 Å². The van der Waals surface area contributed by atoms with Gasteiger partial charge in [-0.2, -0.15) is 0 Å². The van der Waals surface area contributed by atoms with Crippen molar-refractivity contribution in [3.63, 3.8) is 0 Å². The van der Waals surface area contributed by atoms with E-state index in [1.807, 2.05) is 0 Å². The van der Waals surface area contributed by atoms with Gasteiger partial charge in [-0.05, 0) is 32.4 Å². The molecule has 2 fully saturated rings. The monoisotopic (exact) mass is 239 g/mol. The first kappa shape index (κ1) is 12.8. The Labute approximate surface area is 104 Å². The molecule has 0 bridgehead atoms. The third-order valence-electron chi connectivity index (χ3n) is 3.82. The number of rotatable bonds is 3. The standard InChI is InChI=1S/C13H25N3O/c1-2-7-15-8-3-4-12(11-15)13(17)16-9-5-14-6-10-16/h12,14H,2-11H2,1H3. The maximum Gasteiger partial charge on any atom is 0.227 e. The fourth-order valence-corrected chi connectivity index (χ4v) is 2.92. The third kappa shape index (κ3) is 3.42. The molecule has 0 aromatic rings. The van der Waals surface area contributed by atoms with Gasteiger partial charge in [-0.3, -0.25) is 4.79 Å². The predicted molar refractivity (Wildman–Crippen MR) is 68.9 cm³/mol. The lowest BCUT2D eigenvalue weighted by Crippen LogP contribution is -2.51. The Hall–Kier alpha value is -0.610. The van der Waals surface area contributed by atoms with Crippen LogP contribution in [0.25, 0.3) is 0 Å². The van der Waals surface area contributed by atoms with Crippen LogP contribution < -0.4 is 5.32 Å². The molecule has 98 valence electrons. The van der Waals surface area contributed by atoms with E-state index in [-0.39, 0.29) is 5.92 Å². The fraction of sp³-hybridized carbons (Fsp3) is 0.923. The summed E-state index contributed by atoms with van der Waals surface area (Å²) in [5.74, 6) is 0.653. The third-order valence-corrected chi connectivity index (χ3v) is 3.82. The zero-order valence-electron chi connectivity index (χ0n) is 11.0. The van der Waals surface area contributed by atoms with Crippen LogP contribution in [-0.2, 0) is 4.79 Å². The zero-order valence-corrected chi connectivity index (χ0v) is 11.0. The second-order valence-electron chi connectivity index (χ2n) is 5.22. The van der Waals surface area contributed by atoms with Gasteiger partial charge in [-0.1, -0.05) is 6.92 Å². The molecule has 0 spiro atoms. The number of piperazine rings is 1. The van der Waals surface area contributed by atoms with E-state index in [2.05, 4.69) is 22.0 Å². The number of likely N-dealkylation sites (tertiary alicyclic amines) is 1. The average Bonchev–Trinajstić information content (AvgIpc) is 2.40. The van der Waals surface area contributed by atoms with Crippen LogP contribution in [0.3, 0.4) is 0 Å². The summed E-state index contributed by atoms with van der Waals surface area (Å²) in [6.07, 6.45) is 3.46. The van der Waals surface area contributed by atoms with Crippen molar-refractivity contribution in [3.05, 3.63) is 0 Å². The number of carbonyl (C=O) groups excluding carboxylic acids is 1. The minimum absolute atomic E-state index is 0.258. The highest BCUT2D eigenvalue weighted by Crippen LogP contribution is 2.19. The largest absolute Gasteiger partial charge is 0.340 e. The highest BCUT2D eigenvalue weighted by Gasteiger charge is 2.29. The first-order chi connectivity index (χ1) is 8.31. The Kier molecular flexibility index (Phi) is 4.80. The van der Waals surface area contributed by atoms with E-state index in [0.717, 1.165) is 45.7 Å². The summed E-state index contributed by atoms with van der Waals surface area (Å²) in [6.45, 7) is 9.21. The van der Waals surface area contributed by atoms with Gasteiger partial charge in [0, 0.05) is 32.7 Å². The molecule has 2 aliphatic rings. The highest BCUT2D eigenvalue weighted by atomic mass is 16.2. The van der Waals surface area contributed by atoms with Crippen LogP contribution in [0.2, 0.25) is 0 Å². The molecule has 1 atom stereocenters. The summed E-state index contributed by atoms with van der Waals surface area (Å²) >= 11 is 0. The van der Waals surface area contributed by atoms with Crippen molar-refractivity contribution in [1.29, 1.82) is 0 Å². The molecule has 0 radical (unpaired) electrons. The number of piperidine rings is 1.